The molecule has 2 amide bonds. The highest BCUT2D eigenvalue weighted by Gasteiger charge is 2.34. The van der Waals surface area contributed by atoms with Gasteiger partial charge in [0.2, 0.25) is 11.8 Å². The number of hydrogen-bond acceptors (Lipinski definition) is 4. The summed E-state index contributed by atoms with van der Waals surface area (Å²) < 4.78 is 10.4. The highest BCUT2D eigenvalue weighted by molar-refractivity contribution is 5.97. The van der Waals surface area contributed by atoms with E-state index in [1.807, 2.05) is 24.3 Å². The zero-order valence-electron chi connectivity index (χ0n) is 14.9. The first-order valence-electron chi connectivity index (χ1n) is 8.45. The van der Waals surface area contributed by atoms with Crippen LogP contribution in [0.4, 0.5) is 5.69 Å². The van der Waals surface area contributed by atoms with Crippen molar-refractivity contribution in [2.24, 2.45) is 5.92 Å². The molecule has 0 radical (unpaired) electrons. The van der Waals surface area contributed by atoms with E-state index in [9.17, 15) is 9.59 Å². The van der Waals surface area contributed by atoms with Crippen molar-refractivity contribution in [3.8, 4) is 11.5 Å². The maximum Gasteiger partial charge on any atom is 0.229 e. The molecule has 1 N–H and O–H groups in total. The highest BCUT2D eigenvalue weighted by atomic mass is 16.5. The van der Waals surface area contributed by atoms with Crippen LogP contribution in [0.1, 0.15) is 12.0 Å². The highest BCUT2D eigenvalue weighted by Crippen LogP contribution is 2.25. The Labute approximate surface area is 152 Å². The molecular formula is C20H22N2O4. The molecule has 136 valence electrons. The van der Waals surface area contributed by atoms with E-state index in [0.717, 1.165) is 17.1 Å². The number of rotatable bonds is 6. The summed E-state index contributed by atoms with van der Waals surface area (Å²) in [5.74, 6) is 0.935. The Kier molecular flexibility index (Phi) is 5.41. The SMILES string of the molecule is COc1ccc(NC(=O)C2CC(=O)N(Cc3ccccc3OC)C2)cc1. The molecule has 6 heteroatoms. The molecule has 6 nitrogen and oxygen atoms in total. The van der Waals surface area contributed by atoms with Gasteiger partial charge in [0.25, 0.3) is 0 Å². The molecule has 1 heterocycles. The number of nitrogens with one attached hydrogen (secondary N) is 1. The lowest BCUT2D eigenvalue weighted by atomic mass is 10.1. The van der Waals surface area contributed by atoms with E-state index in [4.69, 9.17) is 9.47 Å². The molecule has 0 spiro atoms. The molecule has 0 aliphatic carbocycles. The average molecular weight is 354 g/mol. The normalized spacial score (nSPS) is 16.5. The van der Waals surface area contributed by atoms with Crippen molar-refractivity contribution in [3.05, 3.63) is 54.1 Å². The number of benzene rings is 2. The molecule has 2 aromatic carbocycles. The van der Waals surface area contributed by atoms with Gasteiger partial charge in [-0.05, 0) is 30.3 Å². The first-order valence-corrected chi connectivity index (χ1v) is 8.45. The van der Waals surface area contributed by atoms with Crippen LogP contribution in [0.2, 0.25) is 0 Å². The number of carbonyl (C=O) groups is 2. The maximum absolute atomic E-state index is 12.5. The fraction of sp³-hybridized carbons (Fsp3) is 0.300. The summed E-state index contributed by atoms with van der Waals surface area (Å²) in [6.07, 6.45) is 0.219. The van der Waals surface area contributed by atoms with E-state index in [1.165, 1.54) is 0 Å². The van der Waals surface area contributed by atoms with Gasteiger partial charge in [-0.15, -0.1) is 0 Å². The first-order chi connectivity index (χ1) is 12.6. The molecule has 1 fully saturated rings. The third kappa shape index (κ3) is 3.96. The first kappa shape index (κ1) is 17.8. The van der Waals surface area contributed by atoms with Gasteiger partial charge in [0, 0.05) is 30.8 Å². The number of nitrogens with zero attached hydrogens (tertiary/aromatic N) is 1. The van der Waals surface area contributed by atoms with Gasteiger partial charge in [-0.25, -0.2) is 0 Å². The van der Waals surface area contributed by atoms with Crippen LogP contribution >= 0.6 is 0 Å². The molecule has 1 aliphatic heterocycles. The van der Waals surface area contributed by atoms with Gasteiger partial charge < -0.3 is 19.7 Å². The number of para-hydroxylation sites is 1. The van der Waals surface area contributed by atoms with E-state index in [2.05, 4.69) is 5.32 Å². The summed E-state index contributed by atoms with van der Waals surface area (Å²) >= 11 is 0. The van der Waals surface area contributed by atoms with E-state index >= 15 is 0 Å². The largest absolute Gasteiger partial charge is 0.497 e. The molecule has 0 aromatic heterocycles. The predicted octanol–water partition coefficient (Wildman–Crippen LogP) is 2.69. The molecule has 0 bridgehead atoms. The quantitative estimate of drug-likeness (QED) is 0.866. The van der Waals surface area contributed by atoms with Crippen molar-refractivity contribution in [1.82, 2.24) is 4.90 Å². The lowest BCUT2D eigenvalue weighted by molar-refractivity contribution is -0.128. The maximum atomic E-state index is 12.5. The van der Waals surface area contributed by atoms with Crippen LogP contribution in [0.25, 0.3) is 0 Å². The van der Waals surface area contributed by atoms with Crippen LogP contribution in [0.3, 0.4) is 0 Å². The minimum absolute atomic E-state index is 0.0224. The van der Waals surface area contributed by atoms with Crippen molar-refractivity contribution >= 4 is 17.5 Å². The fourth-order valence-electron chi connectivity index (χ4n) is 3.06. The molecule has 3 rings (SSSR count). The summed E-state index contributed by atoms with van der Waals surface area (Å²) in [6, 6.07) is 14.7. The Morgan fingerprint density at radius 3 is 2.54 bits per heavy atom. The fourth-order valence-corrected chi connectivity index (χ4v) is 3.06. The van der Waals surface area contributed by atoms with Gasteiger partial charge in [0.15, 0.2) is 0 Å². The number of carbonyl (C=O) groups excluding carboxylic acids is 2. The van der Waals surface area contributed by atoms with Crippen LogP contribution in [0.5, 0.6) is 11.5 Å². The standard InChI is InChI=1S/C20H22N2O4/c1-25-17-9-7-16(8-10-17)21-20(24)15-11-19(23)22(13-15)12-14-5-3-4-6-18(14)26-2/h3-10,15H,11-13H2,1-2H3,(H,21,24). The van der Waals surface area contributed by atoms with Gasteiger partial charge in [-0.1, -0.05) is 18.2 Å². The van der Waals surface area contributed by atoms with Crippen molar-refractivity contribution in [2.75, 3.05) is 26.1 Å². The second kappa shape index (κ2) is 7.91. The van der Waals surface area contributed by atoms with Crippen LogP contribution in [0, 0.1) is 5.92 Å². The Bertz CT molecular complexity index is 789. The van der Waals surface area contributed by atoms with Crippen LogP contribution in [0.15, 0.2) is 48.5 Å². The molecule has 26 heavy (non-hydrogen) atoms. The number of amides is 2. The summed E-state index contributed by atoms with van der Waals surface area (Å²) in [5, 5.41) is 2.86. The van der Waals surface area contributed by atoms with Gasteiger partial charge in [0.1, 0.15) is 11.5 Å². The number of hydrogen-bond donors (Lipinski definition) is 1. The smallest absolute Gasteiger partial charge is 0.229 e. The average Bonchev–Trinajstić information content (AvgIpc) is 3.03. The van der Waals surface area contributed by atoms with Crippen LogP contribution in [-0.4, -0.2) is 37.5 Å². The van der Waals surface area contributed by atoms with Crippen molar-refractivity contribution in [3.63, 3.8) is 0 Å². The minimum Gasteiger partial charge on any atom is -0.497 e. The van der Waals surface area contributed by atoms with Gasteiger partial charge in [0.05, 0.1) is 20.1 Å². The Hall–Kier alpha value is -3.02. The van der Waals surface area contributed by atoms with E-state index in [-0.39, 0.29) is 24.2 Å². The monoisotopic (exact) mass is 354 g/mol. The van der Waals surface area contributed by atoms with Gasteiger partial charge in [-0.3, -0.25) is 9.59 Å². The second-order valence-corrected chi connectivity index (χ2v) is 6.20. The third-order valence-corrected chi connectivity index (χ3v) is 4.50. The number of likely N-dealkylation sites (tertiary alicyclic amines) is 1. The molecule has 1 atom stereocenters. The van der Waals surface area contributed by atoms with E-state index < -0.39 is 0 Å². The molecular weight excluding hydrogens is 332 g/mol. The van der Waals surface area contributed by atoms with Crippen molar-refractivity contribution in [2.45, 2.75) is 13.0 Å². The topological polar surface area (TPSA) is 67.9 Å². The molecule has 0 saturated carbocycles. The number of ether oxygens (including phenoxy) is 2. The number of methoxy groups -OCH3 is 2. The lowest BCUT2D eigenvalue weighted by Crippen LogP contribution is -2.28. The summed E-state index contributed by atoms with van der Waals surface area (Å²) in [7, 11) is 3.20. The van der Waals surface area contributed by atoms with Crippen LogP contribution in [-0.2, 0) is 16.1 Å². The minimum atomic E-state index is -0.362. The van der Waals surface area contributed by atoms with Gasteiger partial charge >= 0.3 is 0 Å². The van der Waals surface area contributed by atoms with Crippen LogP contribution < -0.4 is 14.8 Å². The zero-order valence-corrected chi connectivity index (χ0v) is 14.9. The van der Waals surface area contributed by atoms with Crippen molar-refractivity contribution in [1.29, 1.82) is 0 Å². The summed E-state index contributed by atoms with van der Waals surface area (Å²) in [6.45, 7) is 0.841. The molecule has 1 aliphatic rings. The Morgan fingerprint density at radius 1 is 1.12 bits per heavy atom. The Morgan fingerprint density at radius 2 is 1.85 bits per heavy atom. The van der Waals surface area contributed by atoms with E-state index in [0.29, 0.717) is 18.8 Å². The predicted molar refractivity (Wildman–Crippen MR) is 98.1 cm³/mol. The van der Waals surface area contributed by atoms with E-state index in [1.54, 1.807) is 43.4 Å². The second-order valence-electron chi connectivity index (χ2n) is 6.20. The third-order valence-electron chi connectivity index (χ3n) is 4.50. The summed E-state index contributed by atoms with van der Waals surface area (Å²) in [4.78, 5) is 26.5. The lowest BCUT2D eigenvalue weighted by Gasteiger charge is -2.18. The van der Waals surface area contributed by atoms with Crippen molar-refractivity contribution < 1.29 is 19.1 Å². The van der Waals surface area contributed by atoms with Gasteiger partial charge in [-0.2, -0.15) is 0 Å². The molecule has 1 unspecified atom stereocenters. The zero-order chi connectivity index (χ0) is 18.5. The Balaban J connectivity index is 1.62. The summed E-state index contributed by atoms with van der Waals surface area (Å²) in [5.41, 5.74) is 1.62. The molecule has 2 aromatic rings. The number of anilines is 1. The molecule has 1 saturated heterocycles.